The predicted molar refractivity (Wildman–Crippen MR) is 105 cm³/mol. The molecule has 158 valence electrons. The number of carboxylic acid groups (broad SMARTS) is 1. The van der Waals surface area contributed by atoms with Crippen molar-refractivity contribution in [2.75, 3.05) is 13.1 Å². The van der Waals surface area contributed by atoms with Crippen molar-refractivity contribution < 1.29 is 31.8 Å². The van der Waals surface area contributed by atoms with E-state index in [2.05, 4.69) is 4.98 Å². The van der Waals surface area contributed by atoms with Crippen molar-refractivity contribution in [1.82, 2.24) is 9.29 Å². The Morgan fingerprint density at radius 2 is 1.83 bits per heavy atom. The van der Waals surface area contributed by atoms with Crippen LogP contribution in [0.15, 0.2) is 41.3 Å². The van der Waals surface area contributed by atoms with Crippen LogP contribution in [0.25, 0.3) is 10.2 Å². The summed E-state index contributed by atoms with van der Waals surface area (Å²) in [5.41, 5.74) is 0.756. The quantitative estimate of drug-likeness (QED) is 0.634. The molecule has 0 atom stereocenters. The van der Waals surface area contributed by atoms with E-state index in [-0.39, 0.29) is 24.8 Å². The number of benzene rings is 2. The first kappa shape index (κ1) is 20.6. The van der Waals surface area contributed by atoms with E-state index in [0.29, 0.717) is 28.3 Å². The number of carboxylic acids is 1. The van der Waals surface area contributed by atoms with E-state index < -0.39 is 32.5 Å². The molecule has 2 aromatic carbocycles. The van der Waals surface area contributed by atoms with E-state index in [1.54, 1.807) is 6.07 Å². The summed E-state index contributed by atoms with van der Waals surface area (Å²) in [7, 11) is -4.29. The molecule has 0 spiro atoms. The van der Waals surface area contributed by atoms with E-state index in [0.717, 1.165) is 22.5 Å². The highest BCUT2D eigenvalue weighted by Crippen LogP contribution is 2.31. The third kappa shape index (κ3) is 3.87. The normalized spacial score (nSPS) is 16.1. The van der Waals surface area contributed by atoms with Crippen LogP contribution >= 0.6 is 11.3 Å². The largest absolute Gasteiger partial charge is 0.478 e. The van der Waals surface area contributed by atoms with Crippen molar-refractivity contribution in [2.45, 2.75) is 23.8 Å². The topological polar surface area (TPSA) is 96.8 Å². The van der Waals surface area contributed by atoms with Gasteiger partial charge in [-0.05, 0) is 43.2 Å². The Labute approximate surface area is 174 Å². The number of ether oxygens (including phenoxy) is 1. The Hall–Kier alpha value is -2.63. The number of carbonyl (C=O) groups is 1. The van der Waals surface area contributed by atoms with Crippen LogP contribution in [-0.4, -0.2) is 48.0 Å². The molecule has 1 aliphatic heterocycles. The summed E-state index contributed by atoms with van der Waals surface area (Å²) in [4.78, 5) is 14.5. The zero-order valence-electron chi connectivity index (χ0n) is 15.4. The maximum absolute atomic E-state index is 13.9. The first-order valence-electron chi connectivity index (χ1n) is 9.00. The summed E-state index contributed by atoms with van der Waals surface area (Å²) < 4.78 is 60.7. The predicted octanol–water partition coefficient (Wildman–Crippen LogP) is 3.50. The summed E-state index contributed by atoms with van der Waals surface area (Å²) >= 11 is 1.20. The van der Waals surface area contributed by atoms with Crippen LogP contribution in [0.2, 0.25) is 0 Å². The van der Waals surface area contributed by atoms with Crippen molar-refractivity contribution in [1.29, 1.82) is 0 Å². The van der Waals surface area contributed by atoms with Crippen molar-refractivity contribution in [3.05, 3.63) is 53.6 Å². The van der Waals surface area contributed by atoms with Crippen molar-refractivity contribution in [2.24, 2.45) is 0 Å². The number of thiazole rings is 1. The van der Waals surface area contributed by atoms with Gasteiger partial charge in [0.25, 0.3) is 5.19 Å². The molecule has 1 aromatic heterocycles. The lowest BCUT2D eigenvalue weighted by Crippen LogP contribution is -2.42. The molecule has 0 radical (unpaired) electrons. The Balaban J connectivity index is 1.45. The number of aromatic carboxylic acids is 1. The highest BCUT2D eigenvalue weighted by molar-refractivity contribution is 7.89. The van der Waals surface area contributed by atoms with Gasteiger partial charge in [-0.1, -0.05) is 17.4 Å². The molecule has 0 bridgehead atoms. The Morgan fingerprint density at radius 3 is 2.47 bits per heavy atom. The molecule has 0 saturated carbocycles. The van der Waals surface area contributed by atoms with Crippen LogP contribution in [0.4, 0.5) is 8.78 Å². The first-order valence-corrected chi connectivity index (χ1v) is 11.3. The molecule has 4 rings (SSSR count). The summed E-state index contributed by atoms with van der Waals surface area (Å²) in [6, 6.07) is 7.50. The molecule has 0 aliphatic carbocycles. The van der Waals surface area contributed by atoms with Crippen molar-refractivity contribution in [3.8, 4) is 5.19 Å². The summed E-state index contributed by atoms with van der Waals surface area (Å²) in [5.74, 6) is -3.28. The SMILES string of the molecule is O=C(O)c1ccc2nc(OC3CCN(S(=O)(=O)c4c(F)cccc4F)CC3)sc2c1. The maximum Gasteiger partial charge on any atom is 0.335 e. The number of hydrogen-bond donors (Lipinski definition) is 1. The number of halogens is 2. The third-order valence-electron chi connectivity index (χ3n) is 4.80. The maximum atomic E-state index is 13.9. The minimum absolute atomic E-state index is 0.0504. The average Bonchev–Trinajstić information content (AvgIpc) is 3.09. The molecule has 2 heterocycles. The van der Waals surface area contributed by atoms with E-state index in [9.17, 15) is 22.0 Å². The van der Waals surface area contributed by atoms with Gasteiger partial charge < -0.3 is 9.84 Å². The highest BCUT2D eigenvalue weighted by atomic mass is 32.2. The van der Waals surface area contributed by atoms with Crippen molar-refractivity contribution in [3.63, 3.8) is 0 Å². The van der Waals surface area contributed by atoms with E-state index in [4.69, 9.17) is 9.84 Å². The molecule has 1 saturated heterocycles. The number of fused-ring (bicyclic) bond motifs is 1. The van der Waals surface area contributed by atoms with Crippen LogP contribution in [0.5, 0.6) is 5.19 Å². The van der Waals surface area contributed by atoms with Gasteiger partial charge in [0.15, 0.2) is 4.90 Å². The Kier molecular flexibility index (Phi) is 5.43. The van der Waals surface area contributed by atoms with Crippen LogP contribution in [-0.2, 0) is 10.0 Å². The van der Waals surface area contributed by atoms with Crippen molar-refractivity contribution >= 4 is 37.5 Å². The zero-order chi connectivity index (χ0) is 21.5. The number of sulfonamides is 1. The molecular weight excluding hydrogens is 438 g/mol. The van der Waals surface area contributed by atoms with E-state index >= 15 is 0 Å². The number of nitrogens with zero attached hydrogens (tertiary/aromatic N) is 2. The molecule has 7 nitrogen and oxygen atoms in total. The standard InChI is InChI=1S/C19H16F2N2O5S2/c20-13-2-1-3-14(21)17(13)30(26,27)23-8-6-12(7-9-23)28-19-22-15-5-4-11(18(24)25)10-16(15)29-19/h1-5,10,12H,6-9H2,(H,24,25). The second-order valence-electron chi connectivity index (χ2n) is 6.74. The number of rotatable bonds is 5. The third-order valence-corrected chi connectivity index (χ3v) is 7.66. The molecule has 30 heavy (non-hydrogen) atoms. The smallest absolute Gasteiger partial charge is 0.335 e. The lowest BCUT2D eigenvalue weighted by molar-refractivity contribution is 0.0697. The Morgan fingerprint density at radius 1 is 1.17 bits per heavy atom. The molecule has 0 amide bonds. The van der Waals surface area contributed by atoms with Gasteiger partial charge in [-0.15, -0.1) is 0 Å². The summed E-state index contributed by atoms with van der Waals surface area (Å²) in [6.45, 7) is 0.101. The minimum atomic E-state index is -4.29. The van der Waals surface area contributed by atoms with Gasteiger partial charge in [0.05, 0.1) is 15.8 Å². The van der Waals surface area contributed by atoms with E-state index in [1.165, 1.54) is 23.5 Å². The number of hydrogen-bond acceptors (Lipinski definition) is 6. The summed E-state index contributed by atoms with van der Waals surface area (Å²) in [5, 5.41) is 9.43. The number of aromatic nitrogens is 1. The molecule has 3 aromatic rings. The molecule has 1 N–H and O–H groups in total. The van der Waals surface area contributed by atoms with Crippen LogP contribution in [0.1, 0.15) is 23.2 Å². The van der Waals surface area contributed by atoms with Gasteiger partial charge in [-0.25, -0.2) is 27.0 Å². The van der Waals surface area contributed by atoms with Gasteiger partial charge in [-0.3, -0.25) is 0 Å². The van der Waals surface area contributed by atoms with E-state index in [1.807, 2.05) is 0 Å². The van der Waals surface area contributed by atoms with Crippen LogP contribution in [0.3, 0.4) is 0 Å². The highest BCUT2D eigenvalue weighted by Gasteiger charge is 2.34. The summed E-state index contributed by atoms with van der Waals surface area (Å²) in [6.07, 6.45) is 0.332. The molecule has 1 aliphatic rings. The fourth-order valence-electron chi connectivity index (χ4n) is 3.28. The average molecular weight is 454 g/mol. The van der Waals surface area contributed by atoms with Gasteiger partial charge in [0.1, 0.15) is 17.7 Å². The fourth-order valence-corrected chi connectivity index (χ4v) is 5.78. The number of piperidine rings is 1. The zero-order valence-corrected chi connectivity index (χ0v) is 17.0. The molecule has 1 fully saturated rings. The molecular formula is C19H16F2N2O5S2. The molecule has 0 unspecified atom stereocenters. The monoisotopic (exact) mass is 454 g/mol. The van der Waals surface area contributed by atoms with Gasteiger partial charge in [0.2, 0.25) is 10.0 Å². The van der Waals surface area contributed by atoms with Gasteiger partial charge in [0, 0.05) is 13.1 Å². The van der Waals surface area contributed by atoms with Gasteiger partial charge in [-0.2, -0.15) is 4.31 Å². The van der Waals surface area contributed by atoms with Crippen LogP contribution < -0.4 is 4.74 Å². The molecule has 11 heteroatoms. The second kappa shape index (κ2) is 7.89. The van der Waals surface area contributed by atoms with Gasteiger partial charge >= 0.3 is 5.97 Å². The lowest BCUT2D eigenvalue weighted by atomic mass is 10.1. The second-order valence-corrected chi connectivity index (χ2v) is 9.61. The minimum Gasteiger partial charge on any atom is -0.478 e. The first-order chi connectivity index (χ1) is 14.3. The van der Waals surface area contributed by atoms with Crippen LogP contribution in [0, 0.1) is 11.6 Å². The fraction of sp³-hybridized carbons (Fsp3) is 0.263. The lowest BCUT2D eigenvalue weighted by Gasteiger charge is -2.30. The Bertz CT molecular complexity index is 1200.